The van der Waals surface area contributed by atoms with Crippen molar-refractivity contribution in [3.8, 4) is 0 Å². The van der Waals surface area contributed by atoms with Crippen LogP contribution >= 0.6 is 39.1 Å². The molecule has 23 heavy (non-hydrogen) atoms. The number of hydrogen-bond acceptors (Lipinski definition) is 3. The minimum Gasteiger partial charge on any atom is -0.289 e. The van der Waals surface area contributed by atoms with Gasteiger partial charge >= 0.3 is 0 Å². The molecule has 1 N–H and O–H groups in total. The summed E-state index contributed by atoms with van der Waals surface area (Å²) in [5.74, 6) is -0.327. The molecule has 4 nitrogen and oxygen atoms in total. The van der Waals surface area contributed by atoms with Crippen molar-refractivity contribution in [2.24, 2.45) is 0 Å². The van der Waals surface area contributed by atoms with Crippen LogP contribution in [0.2, 0.25) is 10.0 Å². The molecule has 0 saturated heterocycles. The second-order valence-electron chi connectivity index (χ2n) is 4.65. The number of hydrogen-bond donors (Lipinski definition) is 1. The number of carbonyl (C=O) groups excluding carboxylic acids is 1. The third-order valence-electron chi connectivity index (χ3n) is 3.05. The Morgan fingerprint density at radius 3 is 2.35 bits per heavy atom. The lowest BCUT2D eigenvalue weighted by atomic mass is 10.0. The zero-order valence-corrected chi connectivity index (χ0v) is 15.9. The molecule has 0 aliphatic carbocycles. The van der Waals surface area contributed by atoms with E-state index >= 15 is 0 Å². The lowest BCUT2D eigenvalue weighted by molar-refractivity contribution is 0.103. The molecule has 0 aromatic heterocycles. The average molecular weight is 437 g/mol. The number of rotatable bonds is 5. The SMILES string of the molecule is CCS(=O)(=O)Nc1cc(Br)c(C(=O)c2ccc(Cl)cc2)cc1Cl. The molecule has 0 radical (unpaired) electrons. The Morgan fingerprint density at radius 2 is 1.78 bits per heavy atom. The van der Waals surface area contributed by atoms with E-state index in [0.29, 0.717) is 20.6 Å². The van der Waals surface area contributed by atoms with Gasteiger partial charge in [-0.1, -0.05) is 23.2 Å². The Morgan fingerprint density at radius 1 is 1.17 bits per heavy atom. The first-order valence-corrected chi connectivity index (χ1v) is 9.73. The smallest absolute Gasteiger partial charge is 0.232 e. The molecule has 0 spiro atoms. The van der Waals surface area contributed by atoms with Gasteiger partial charge in [0.15, 0.2) is 5.78 Å². The molecule has 8 heteroatoms. The summed E-state index contributed by atoms with van der Waals surface area (Å²) in [7, 11) is -3.46. The first-order valence-electron chi connectivity index (χ1n) is 6.53. The molecule has 0 fully saturated rings. The van der Waals surface area contributed by atoms with Crippen LogP contribution in [0.5, 0.6) is 0 Å². The third kappa shape index (κ3) is 4.47. The zero-order chi connectivity index (χ0) is 17.2. The minimum absolute atomic E-state index is 0.0770. The summed E-state index contributed by atoms with van der Waals surface area (Å²) in [6.45, 7) is 1.52. The third-order valence-corrected chi connectivity index (χ3v) is 5.57. The molecule has 2 aromatic carbocycles. The van der Waals surface area contributed by atoms with E-state index in [1.54, 1.807) is 24.3 Å². The largest absolute Gasteiger partial charge is 0.289 e. The van der Waals surface area contributed by atoms with Gasteiger partial charge in [0.2, 0.25) is 10.0 Å². The monoisotopic (exact) mass is 435 g/mol. The molecule has 0 heterocycles. The second-order valence-corrected chi connectivity index (χ2v) is 8.36. The fraction of sp³-hybridized carbons (Fsp3) is 0.133. The molecule has 0 saturated carbocycles. The Hall–Kier alpha value is -1.08. The fourth-order valence-corrected chi connectivity index (χ4v) is 3.36. The molecule has 0 atom stereocenters. The Bertz CT molecular complexity index is 852. The van der Waals surface area contributed by atoms with Crippen molar-refractivity contribution in [3.63, 3.8) is 0 Å². The van der Waals surface area contributed by atoms with Crippen molar-refractivity contribution < 1.29 is 13.2 Å². The van der Waals surface area contributed by atoms with Gasteiger partial charge in [-0.05, 0) is 59.3 Å². The molecular weight excluding hydrogens is 425 g/mol. The van der Waals surface area contributed by atoms with Crippen molar-refractivity contribution in [2.75, 3.05) is 10.5 Å². The van der Waals surface area contributed by atoms with Gasteiger partial charge in [0.25, 0.3) is 0 Å². The fourth-order valence-electron chi connectivity index (χ4n) is 1.80. The molecule has 0 bridgehead atoms. The van der Waals surface area contributed by atoms with Gasteiger partial charge in [-0.25, -0.2) is 8.42 Å². The Balaban J connectivity index is 2.40. The van der Waals surface area contributed by atoms with Crippen LogP contribution in [0, 0.1) is 0 Å². The van der Waals surface area contributed by atoms with E-state index in [4.69, 9.17) is 23.2 Å². The van der Waals surface area contributed by atoms with E-state index in [9.17, 15) is 13.2 Å². The lowest BCUT2D eigenvalue weighted by Gasteiger charge is -2.11. The molecule has 0 amide bonds. The maximum Gasteiger partial charge on any atom is 0.232 e. The van der Waals surface area contributed by atoms with Crippen LogP contribution in [-0.2, 0) is 10.0 Å². The number of anilines is 1. The van der Waals surface area contributed by atoms with Gasteiger partial charge in [-0.2, -0.15) is 0 Å². The average Bonchev–Trinajstić information content (AvgIpc) is 2.50. The zero-order valence-electron chi connectivity index (χ0n) is 11.9. The first-order chi connectivity index (χ1) is 10.7. The summed E-state index contributed by atoms with van der Waals surface area (Å²) in [5.41, 5.74) is 0.998. The van der Waals surface area contributed by atoms with Crippen LogP contribution in [-0.4, -0.2) is 20.0 Å². The normalized spacial score (nSPS) is 11.3. The van der Waals surface area contributed by atoms with Crippen LogP contribution in [0.3, 0.4) is 0 Å². The van der Waals surface area contributed by atoms with E-state index < -0.39 is 10.0 Å². The van der Waals surface area contributed by atoms with Crippen LogP contribution in [0.4, 0.5) is 5.69 Å². The van der Waals surface area contributed by atoms with Gasteiger partial charge in [0, 0.05) is 20.6 Å². The summed E-state index contributed by atoms with van der Waals surface area (Å²) >= 11 is 15.2. The van der Waals surface area contributed by atoms with Crippen LogP contribution in [0.15, 0.2) is 40.9 Å². The quantitative estimate of drug-likeness (QED) is 0.688. The highest BCUT2D eigenvalue weighted by molar-refractivity contribution is 9.10. The highest BCUT2D eigenvalue weighted by atomic mass is 79.9. The molecule has 122 valence electrons. The van der Waals surface area contributed by atoms with E-state index in [1.807, 2.05) is 0 Å². The maximum atomic E-state index is 12.5. The number of nitrogens with one attached hydrogen (secondary N) is 1. The summed E-state index contributed by atoms with van der Waals surface area (Å²) in [6, 6.07) is 9.36. The van der Waals surface area contributed by atoms with Crippen molar-refractivity contribution in [1.29, 1.82) is 0 Å². The second kappa shape index (κ2) is 7.21. The molecule has 2 rings (SSSR count). The minimum atomic E-state index is -3.46. The van der Waals surface area contributed by atoms with Crippen LogP contribution < -0.4 is 4.72 Å². The van der Waals surface area contributed by atoms with E-state index in [0.717, 1.165) is 0 Å². The van der Waals surface area contributed by atoms with Gasteiger partial charge in [-0.15, -0.1) is 0 Å². The number of ketones is 1. The Kier molecular flexibility index (Phi) is 5.73. The Labute approximate surface area is 153 Å². The summed E-state index contributed by atoms with van der Waals surface area (Å²) in [6.07, 6.45) is 0. The van der Waals surface area contributed by atoms with Crippen LogP contribution in [0.1, 0.15) is 22.8 Å². The summed E-state index contributed by atoms with van der Waals surface area (Å²) in [4.78, 5) is 12.5. The van der Waals surface area contributed by atoms with Crippen LogP contribution in [0.25, 0.3) is 0 Å². The predicted molar refractivity (Wildman–Crippen MR) is 97.1 cm³/mol. The number of sulfonamides is 1. The number of carbonyl (C=O) groups is 1. The maximum absolute atomic E-state index is 12.5. The summed E-state index contributed by atoms with van der Waals surface area (Å²) < 4.78 is 26.1. The van der Waals surface area contributed by atoms with E-state index in [2.05, 4.69) is 20.7 Å². The number of halogens is 3. The molecule has 0 unspecified atom stereocenters. The van der Waals surface area contributed by atoms with Gasteiger partial charge in [0.05, 0.1) is 16.5 Å². The van der Waals surface area contributed by atoms with E-state index in [1.165, 1.54) is 19.1 Å². The van der Waals surface area contributed by atoms with Crippen molar-refractivity contribution in [2.45, 2.75) is 6.92 Å². The molecule has 0 aliphatic heterocycles. The molecule has 2 aromatic rings. The van der Waals surface area contributed by atoms with Gasteiger partial charge in [0.1, 0.15) is 0 Å². The molecular formula is C15H12BrCl2NO3S. The number of benzene rings is 2. The summed E-state index contributed by atoms with van der Waals surface area (Å²) in [5, 5.41) is 0.672. The van der Waals surface area contributed by atoms with Gasteiger partial charge in [-0.3, -0.25) is 9.52 Å². The first kappa shape index (κ1) is 18.3. The van der Waals surface area contributed by atoms with Gasteiger partial charge < -0.3 is 0 Å². The highest BCUT2D eigenvalue weighted by Gasteiger charge is 2.17. The molecule has 0 aliphatic rings. The van der Waals surface area contributed by atoms with Crippen molar-refractivity contribution in [3.05, 3.63) is 62.0 Å². The lowest BCUT2D eigenvalue weighted by Crippen LogP contribution is -2.15. The van der Waals surface area contributed by atoms with Crippen molar-refractivity contribution >= 4 is 60.6 Å². The van der Waals surface area contributed by atoms with Crippen molar-refractivity contribution in [1.82, 2.24) is 0 Å². The van der Waals surface area contributed by atoms with E-state index in [-0.39, 0.29) is 22.2 Å². The standard InChI is InChI=1S/C15H12BrCl2NO3S/c1-2-23(21,22)19-14-8-12(16)11(7-13(14)18)15(20)9-3-5-10(17)6-4-9/h3-8,19H,2H2,1H3. The predicted octanol–water partition coefficient (Wildman–Crippen LogP) is 4.75. The topological polar surface area (TPSA) is 63.2 Å². The highest BCUT2D eigenvalue weighted by Crippen LogP contribution is 2.31.